The van der Waals surface area contributed by atoms with Gasteiger partial charge in [-0.2, -0.15) is 0 Å². The van der Waals surface area contributed by atoms with Crippen molar-refractivity contribution >= 4 is 5.97 Å². The first-order valence-corrected chi connectivity index (χ1v) is 5.89. The predicted molar refractivity (Wildman–Crippen MR) is 60.7 cm³/mol. The molecule has 1 aliphatic carbocycles. The van der Waals surface area contributed by atoms with Gasteiger partial charge in [-0.15, -0.1) is 0 Å². The zero-order valence-corrected chi connectivity index (χ0v) is 10.3. The van der Waals surface area contributed by atoms with E-state index in [-0.39, 0.29) is 12.0 Å². The molecule has 1 saturated carbocycles. The molecule has 0 bridgehead atoms. The fourth-order valence-electron chi connectivity index (χ4n) is 1.81. The number of rotatable bonds is 6. The molecule has 0 radical (unpaired) electrons. The van der Waals surface area contributed by atoms with E-state index in [0.29, 0.717) is 12.0 Å². The SMILES string of the molecule is COC(=O)C(C)N(CCC(C)C)C1CC1. The van der Waals surface area contributed by atoms with Crippen LogP contribution in [-0.2, 0) is 9.53 Å². The van der Waals surface area contributed by atoms with Gasteiger partial charge in [0.15, 0.2) is 0 Å². The summed E-state index contributed by atoms with van der Waals surface area (Å²) in [6.45, 7) is 7.39. The topological polar surface area (TPSA) is 29.5 Å². The van der Waals surface area contributed by atoms with E-state index in [4.69, 9.17) is 4.74 Å². The summed E-state index contributed by atoms with van der Waals surface area (Å²) in [7, 11) is 1.46. The highest BCUT2D eigenvalue weighted by Gasteiger charge is 2.34. The van der Waals surface area contributed by atoms with Gasteiger partial charge in [-0.05, 0) is 38.6 Å². The molecule has 0 heterocycles. The van der Waals surface area contributed by atoms with E-state index in [1.54, 1.807) is 0 Å². The normalized spacial score (nSPS) is 18.3. The van der Waals surface area contributed by atoms with Crippen molar-refractivity contribution in [3.8, 4) is 0 Å². The number of ether oxygens (including phenoxy) is 1. The van der Waals surface area contributed by atoms with E-state index < -0.39 is 0 Å². The monoisotopic (exact) mass is 213 g/mol. The molecule has 1 atom stereocenters. The molecule has 0 aliphatic heterocycles. The third kappa shape index (κ3) is 3.82. The fraction of sp³-hybridized carbons (Fsp3) is 0.917. The summed E-state index contributed by atoms with van der Waals surface area (Å²) < 4.78 is 4.80. The first-order valence-electron chi connectivity index (χ1n) is 5.89. The first-order chi connectivity index (χ1) is 7.06. The largest absolute Gasteiger partial charge is 0.468 e. The maximum absolute atomic E-state index is 11.5. The molecule has 1 unspecified atom stereocenters. The van der Waals surface area contributed by atoms with Crippen molar-refractivity contribution in [2.24, 2.45) is 5.92 Å². The van der Waals surface area contributed by atoms with Crippen molar-refractivity contribution in [3.05, 3.63) is 0 Å². The van der Waals surface area contributed by atoms with Gasteiger partial charge in [0.1, 0.15) is 6.04 Å². The van der Waals surface area contributed by atoms with Crippen molar-refractivity contribution < 1.29 is 9.53 Å². The van der Waals surface area contributed by atoms with Gasteiger partial charge in [0.2, 0.25) is 0 Å². The number of nitrogens with zero attached hydrogens (tertiary/aromatic N) is 1. The molecule has 0 aromatic rings. The lowest BCUT2D eigenvalue weighted by Gasteiger charge is -2.27. The minimum Gasteiger partial charge on any atom is -0.468 e. The molecule has 0 amide bonds. The molecular weight excluding hydrogens is 190 g/mol. The van der Waals surface area contributed by atoms with E-state index in [2.05, 4.69) is 18.7 Å². The van der Waals surface area contributed by atoms with E-state index in [0.717, 1.165) is 13.0 Å². The number of esters is 1. The number of carbonyl (C=O) groups excluding carboxylic acids is 1. The third-order valence-electron chi connectivity index (χ3n) is 3.02. The minimum atomic E-state index is -0.106. The van der Waals surface area contributed by atoms with E-state index in [1.807, 2.05) is 6.92 Å². The molecule has 0 aromatic carbocycles. The highest BCUT2D eigenvalue weighted by atomic mass is 16.5. The van der Waals surface area contributed by atoms with Gasteiger partial charge in [-0.25, -0.2) is 0 Å². The molecule has 3 nitrogen and oxygen atoms in total. The van der Waals surface area contributed by atoms with Crippen LogP contribution < -0.4 is 0 Å². The zero-order chi connectivity index (χ0) is 11.4. The van der Waals surface area contributed by atoms with Gasteiger partial charge in [0.05, 0.1) is 7.11 Å². The Hall–Kier alpha value is -0.570. The van der Waals surface area contributed by atoms with Crippen molar-refractivity contribution in [1.29, 1.82) is 0 Å². The summed E-state index contributed by atoms with van der Waals surface area (Å²) >= 11 is 0. The van der Waals surface area contributed by atoms with Crippen LogP contribution in [0.5, 0.6) is 0 Å². The van der Waals surface area contributed by atoms with E-state index in [1.165, 1.54) is 20.0 Å². The highest BCUT2D eigenvalue weighted by molar-refractivity contribution is 5.75. The van der Waals surface area contributed by atoms with Gasteiger partial charge in [-0.1, -0.05) is 13.8 Å². The lowest BCUT2D eigenvalue weighted by Crippen LogP contribution is -2.42. The zero-order valence-electron chi connectivity index (χ0n) is 10.3. The quantitative estimate of drug-likeness (QED) is 0.632. The molecule has 88 valence electrons. The summed E-state index contributed by atoms with van der Waals surface area (Å²) in [5, 5.41) is 0. The maximum atomic E-state index is 11.5. The van der Waals surface area contributed by atoms with Crippen molar-refractivity contribution in [2.45, 2.75) is 52.1 Å². The summed E-state index contributed by atoms with van der Waals surface area (Å²) in [5.41, 5.74) is 0. The standard InChI is InChI=1S/C12H23NO2/c1-9(2)7-8-13(11-5-6-11)10(3)12(14)15-4/h9-11H,5-8H2,1-4H3. The lowest BCUT2D eigenvalue weighted by molar-refractivity contribution is -0.146. The summed E-state index contributed by atoms with van der Waals surface area (Å²) in [6, 6.07) is 0.541. The predicted octanol–water partition coefficient (Wildman–Crippen LogP) is 2.06. The molecule has 0 saturated heterocycles. The Morgan fingerprint density at radius 1 is 1.40 bits per heavy atom. The molecule has 15 heavy (non-hydrogen) atoms. The lowest BCUT2D eigenvalue weighted by atomic mass is 10.1. The second-order valence-electron chi connectivity index (χ2n) is 4.85. The van der Waals surface area contributed by atoms with Crippen LogP contribution in [0.1, 0.15) is 40.0 Å². The molecular formula is C12H23NO2. The molecule has 1 aliphatic rings. The van der Waals surface area contributed by atoms with Crippen LogP contribution in [0.15, 0.2) is 0 Å². The summed E-state index contributed by atoms with van der Waals surface area (Å²) in [5.74, 6) is 0.585. The Bertz CT molecular complexity index is 212. The summed E-state index contributed by atoms with van der Waals surface area (Å²) in [4.78, 5) is 13.8. The maximum Gasteiger partial charge on any atom is 0.322 e. The second kappa shape index (κ2) is 5.50. The number of hydrogen-bond donors (Lipinski definition) is 0. The summed E-state index contributed by atoms with van der Waals surface area (Å²) in [6.07, 6.45) is 3.62. The minimum absolute atomic E-state index is 0.0822. The van der Waals surface area contributed by atoms with Gasteiger partial charge >= 0.3 is 5.97 Å². The van der Waals surface area contributed by atoms with Crippen LogP contribution in [0.4, 0.5) is 0 Å². The van der Waals surface area contributed by atoms with Gasteiger partial charge in [0, 0.05) is 6.04 Å². The molecule has 3 heteroatoms. The molecule has 0 aromatic heterocycles. The Morgan fingerprint density at radius 3 is 2.40 bits per heavy atom. The van der Waals surface area contributed by atoms with Crippen LogP contribution >= 0.6 is 0 Å². The average molecular weight is 213 g/mol. The van der Waals surface area contributed by atoms with E-state index in [9.17, 15) is 4.79 Å². The van der Waals surface area contributed by atoms with Crippen LogP contribution in [0.2, 0.25) is 0 Å². The van der Waals surface area contributed by atoms with Gasteiger partial charge in [0.25, 0.3) is 0 Å². The number of hydrogen-bond acceptors (Lipinski definition) is 3. The average Bonchev–Trinajstić information content (AvgIpc) is 3.00. The fourth-order valence-corrected chi connectivity index (χ4v) is 1.81. The Labute approximate surface area is 92.8 Å². The highest BCUT2D eigenvalue weighted by Crippen LogP contribution is 2.29. The first kappa shape index (κ1) is 12.5. The van der Waals surface area contributed by atoms with Crippen LogP contribution in [-0.4, -0.2) is 36.6 Å². The van der Waals surface area contributed by atoms with E-state index >= 15 is 0 Å². The van der Waals surface area contributed by atoms with Crippen molar-refractivity contribution in [3.63, 3.8) is 0 Å². The van der Waals surface area contributed by atoms with Crippen LogP contribution in [0.3, 0.4) is 0 Å². The number of methoxy groups -OCH3 is 1. The Morgan fingerprint density at radius 2 is 2.00 bits per heavy atom. The van der Waals surface area contributed by atoms with Gasteiger partial charge in [-0.3, -0.25) is 9.69 Å². The second-order valence-corrected chi connectivity index (χ2v) is 4.85. The number of carbonyl (C=O) groups is 1. The van der Waals surface area contributed by atoms with Crippen LogP contribution in [0, 0.1) is 5.92 Å². The molecule has 1 rings (SSSR count). The smallest absolute Gasteiger partial charge is 0.322 e. The molecule has 1 fully saturated rings. The third-order valence-corrected chi connectivity index (χ3v) is 3.02. The van der Waals surface area contributed by atoms with Crippen molar-refractivity contribution in [1.82, 2.24) is 4.90 Å². The molecule has 0 spiro atoms. The molecule has 0 N–H and O–H groups in total. The van der Waals surface area contributed by atoms with Crippen molar-refractivity contribution in [2.75, 3.05) is 13.7 Å². The van der Waals surface area contributed by atoms with Gasteiger partial charge < -0.3 is 4.74 Å². The Balaban J connectivity index is 2.45. The Kier molecular flexibility index (Phi) is 4.58. The van der Waals surface area contributed by atoms with Crippen LogP contribution in [0.25, 0.3) is 0 Å².